The third kappa shape index (κ3) is 17.2. The summed E-state index contributed by atoms with van der Waals surface area (Å²) in [5.74, 6) is 0. The van der Waals surface area contributed by atoms with E-state index in [2.05, 4.69) is 6.92 Å². The molecule has 7 heteroatoms. The molecule has 1 atom stereocenters. The molecule has 164 valence electrons. The van der Waals surface area contributed by atoms with Crippen molar-refractivity contribution >= 4 is 21.9 Å². The van der Waals surface area contributed by atoms with Crippen molar-refractivity contribution in [2.45, 2.75) is 103 Å². The number of aliphatic hydroxyl groups excluding tert-OH is 2. The summed E-state index contributed by atoms with van der Waals surface area (Å²) < 4.78 is 15.9. The van der Waals surface area contributed by atoms with Crippen LogP contribution in [0.15, 0.2) is 0 Å². The average Bonchev–Trinajstić information content (AvgIpc) is 2.64. The van der Waals surface area contributed by atoms with Gasteiger partial charge in [0.1, 0.15) is 0 Å². The molecule has 0 saturated carbocycles. The summed E-state index contributed by atoms with van der Waals surface area (Å²) in [6.45, 7) is 1.53. The van der Waals surface area contributed by atoms with Crippen LogP contribution in [0.2, 0.25) is 0 Å². The quantitative estimate of drug-likeness (QED) is 0.155. The van der Waals surface area contributed by atoms with E-state index in [4.69, 9.17) is 4.52 Å². The van der Waals surface area contributed by atoms with Gasteiger partial charge in [-0.2, -0.15) is 0 Å². The van der Waals surface area contributed by atoms with Crippen molar-refractivity contribution in [2.75, 3.05) is 19.8 Å². The van der Waals surface area contributed by atoms with Crippen molar-refractivity contribution in [2.24, 2.45) is 5.41 Å². The van der Waals surface area contributed by atoms with Gasteiger partial charge in [0, 0.05) is 0 Å². The summed E-state index contributed by atoms with van der Waals surface area (Å²) in [4.78, 5) is 11.1. The summed E-state index contributed by atoms with van der Waals surface area (Å²) in [6, 6.07) is 0. The average molecular weight is 471 g/mol. The molecule has 0 rings (SSSR count). The van der Waals surface area contributed by atoms with E-state index in [1.54, 1.807) is 0 Å². The predicted molar refractivity (Wildman–Crippen MR) is 111 cm³/mol. The molecule has 27 heavy (non-hydrogen) atoms. The summed E-state index contributed by atoms with van der Waals surface area (Å²) in [5, 5.41) is 19.1. The standard InChI is InChI=1S/C20H43O5PSe/c1-2-3-4-5-6-7-8-9-10-11-12-13-14-15-16-20(17-21,18-22)19-25-26(23,24)27/h21-22H,2-19H2,1H3,(H2,23,24,27)/p-2. The molecule has 0 aromatic rings. The third-order valence-corrected chi connectivity index (χ3v) is 6.37. The van der Waals surface area contributed by atoms with E-state index in [0.717, 1.165) is 19.3 Å². The van der Waals surface area contributed by atoms with Gasteiger partial charge < -0.3 is 0 Å². The Morgan fingerprint density at radius 1 is 0.815 bits per heavy atom. The summed E-state index contributed by atoms with van der Waals surface area (Å²) >= 11 is 1.97. The Balaban J connectivity index is 3.59. The number of hydrogen-bond donors (Lipinski definition) is 2. The molecule has 0 saturated heterocycles. The zero-order valence-corrected chi connectivity index (χ0v) is 19.8. The molecule has 0 radical (unpaired) electrons. The van der Waals surface area contributed by atoms with Gasteiger partial charge in [0.2, 0.25) is 0 Å². The minimum absolute atomic E-state index is 0.174. The number of rotatable bonds is 20. The van der Waals surface area contributed by atoms with Crippen molar-refractivity contribution < 1.29 is 24.2 Å². The second-order valence-corrected chi connectivity index (χ2v) is 11.9. The molecule has 5 nitrogen and oxygen atoms in total. The molecule has 0 spiro atoms. The van der Waals surface area contributed by atoms with Crippen LogP contribution in [0.5, 0.6) is 0 Å². The van der Waals surface area contributed by atoms with Crippen LogP contribution in [-0.4, -0.2) is 45.6 Å². The Morgan fingerprint density at radius 3 is 1.52 bits per heavy atom. The molecule has 1 unspecified atom stereocenters. The summed E-state index contributed by atoms with van der Waals surface area (Å²) in [6.07, 6.45) is 14.4. The van der Waals surface area contributed by atoms with Gasteiger partial charge in [0.05, 0.1) is 0 Å². The monoisotopic (exact) mass is 472 g/mol. The molecular weight excluding hydrogens is 430 g/mol. The van der Waals surface area contributed by atoms with Gasteiger partial charge in [-0.25, -0.2) is 0 Å². The van der Waals surface area contributed by atoms with Gasteiger partial charge in [0.25, 0.3) is 0 Å². The van der Waals surface area contributed by atoms with Crippen LogP contribution >= 0.6 is 6.29 Å². The molecule has 0 heterocycles. The fraction of sp³-hybridized carbons (Fsp3) is 1.00. The molecule has 0 aliphatic carbocycles. The molecule has 0 aromatic heterocycles. The zero-order valence-electron chi connectivity index (χ0n) is 17.2. The van der Waals surface area contributed by atoms with E-state index in [1.807, 2.05) is 15.6 Å². The van der Waals surface area contributed by atoms with Gasteiger partial charge in [-0.05, 0) is 0 Å². The number of aliphatic hydroxyl groups is 2. The van der Waals surface area contributed by atoms with Crippen molar-refractivity contribution in [3.8, 4) is 0 Å². The van der Waals surface area contributed by atoms with E-state index >= 15 is 0 Å². The maximum absolute atomic E-state index is 11.1. The first-order valence-corrected chi connectivity index (χ1v) is 14.5. The molecular formula is C20H41O5PSe-2. The normalized spacial score (nSPS) is 14.4. The van der Waals surface area contributed by atoms with Crippen molar-refractivity contribution in [3.63, 3.8) is 0 Å². The van der Waals surface area contributed by atoms with Crippen LogP contribution in [0.1, 0.15) is 103 Å². The number of hydrogen-bond acceptors (Lipinski definition) is 5. The van der Waals surface area contributed by atoms with Gasteiger partial charge in [-0.15, -0.1) is 0 Å². The van der Waals surface area contributed by atoms with Gasteiger partial charge >= 0.3 is 123 Å². The molecule has 0 aromatic carbocycles. The van der Waals surface area contributed by atoms with Gasteiger partial charge in [0.15, 0.2) is 0 Å². The van der Waals surface area contributed by atoms with Crippen molar-refractivity contribution in [1.29, 1.82) is 0 Å². The van der Waals surface area contributed by atoms with E-state index in [1.165, 1.54) is 70.6 Å². The Hall–Kier alpha value is 0.589. The minimum atomic E-state index is -3.96. The van der Waals surface area contributed by atoms with Crippen LogP contribution in [-0.2, 0) is 9.09 Å². The Morgan fingerprint density at radius 2 is 1.19 bits per heavy atom. The van der Waals surface area contributed by atoms with E-state index in [0.29, 0.717) is 6.42 Å². The van der Waals surface area contributed by atoms with E-state index in [9.17, 15) is 19.7 Å². The first-order chi connectivity index (χ1) is 12.9. The van der Waals surface area contributed by atoms with Crippen LogP contribution in [0, 0.1) is 5.41 Å². The topological polar surface area (TPSA) is 89.8 Å². The maximum atomic E-state index is 11.1. The Bertz CT molecular complexity index is 371. The fourth-order valence-corrected chi connectivity index (χ4v) is 4.05. The summed E-state index contributed by atoms with van der Waals surface area (Å²) in [7, 11) is 0. The van der Waals surface area contributed by atoms with Crippen molar-refractivity contribution in [1.82, 2.24) is 0 Å². The second kappa shape index (κ2) is 17.4. The number of unbranched alkanes of at least 4 members (excludes halogenated alkanes) is 13. The molecule has 2 N–H and O–H groups in total. The molecule has 0 aliphatic rings. The third-order valence-electron chi connectivity index (χ3n) is 5.26. The zero-order chi connectivity index (χ0) is 20.4. The van der Waals surface area contributed by atoms with E-state index < -0.39 is 11.7 Å². The van der Waals surface area contributed by atoms with Crippen LogP contribution in [0.25, 0.3) is 0 Å². The van der Waals surface area contributed by atoms with E-state index in [-0.39, 0.29) is 19.8 Å². The first-order valence-electron chi connectivity index (χ1n) is 10.8. The first kappa shape index (κ1) is 27.6. The molecule has 0 amide bonds. The fourth-order valence-electron chi connectivity index (χ4n) is 3.28. The van der Waals surface area contributed by atoms with Crippen LogP contribution in [0.3, 0.4) is 0 Å². The molecule has 0 fully saturated rings. The Kier molecular flexibility index (Phi) is 17.8. The van der Waals surface area contributed by atoms with Gasteiger partial charge in [-0.3, -0.25) is 0 Å². The van der Waals surface area contributed by atoms with Crippen molar-refractivity contribution in [3.05, 3.63) is 0 Å². The predicted octanol–water partition coefficient (Wildman–Crippen LogP) is 4.48. The molecule has 0 bridgehead atoms. The van der Waals surface area contributed by atoms with Crippen LogP contribution in [0.4, 0.5) is 0 Å². The second-order valence-electron chi connectivity index (χ2n) is 7.88. The van der Waals surface area contributed by atoms with Crippen LogP contribution < -0.4 is 4.89 Å². The summed E-state index contributed by atoms with van der Waals surface area (Å²) in [5.41, 5.74) is -0.874. The molecule has 0 aliphatic heterocycles. The van der Waals surface area contributed by atoms with Gasteiger partial charge in [-0.1, -0.05) is 51.9 Å². The SMILES string of the molecule is CCCCCCCCCCCCCCCCC(CO)(CO)COP(=O)([O-])[Se-]. The Labute approximate surface area is 174 Å².